The van der Waals surface area contributed by atoms with Crippen LogP contribution in [0.5, 0.6) is 0 Å². The van der Waals surface area contributed by atoms with Crippen molar-refractivity contribution in [2.45, 2.75) is 25.9 Å². The Kier molecular flexibility index (Phi) is 5.97. The molecule has 0 fully saturated rings. The van der Waals surface area contributed by atoms with E-state index in [4.69, 9.17) is 4.74 Å². The lowest BCUT2D eigenvalue weighted by Crippen LogP contribution is -2.26. The maximum Gasteiger partial charge on any atom is 0.0696 e. The van der Waals surface area contributed by atoms with E-state index >= 15 is 0 Å². The summed E-state index contributed by atoms with van der Waals surface area (Å²) in [5, 5.41) is 3.13. The molecular formula is C12H20N2O. The molecule has 3 nitrogen and oxygen atoms in total. The van der Waals surface area contributed by atoms with Crippen molar-refractivity contribution in [3.05, 3.63) is 30.1 Å². The van der Waals surface area contributed by atoms with E-state index in [9.17, 15) is 0 Å². The standard InChI is InChI=1S/C12H20N2O/c1-3-12(10-13-2)15-9-7-11-6-4-5-8-14-11/h4-6,8,12-13H,3,7,9-10H2,1-2H3. The highest BCUT2D eigenvalue weighted by molar-refractivity contribution is 5.03. The molecule has 3 heteroatoms. The summed E-state index contributed by atoms with van der Waals surface area (Å²) >= 11 is 0. The van der Waals surface area contributed by atoms with Crippen LogP contribution in [-0.4, -0.2) is 31.3 Å². The molecule has 0 aliphatic rings. The van der Waals surface area contributed by atoms with E-state index in [1.54, 1.807) is 0 Å². The van der Waals surface area contributed by atoms with E-state index in [2.05, 4.69) is 17.2 Å². The Bertz CT molecular complexity index is 251. The predicted octanol–water partition coefficient (Wildman–Crippen LogP) is 1.64. The van der Waals surface area contributed by atoms with Gasteiger partial charge in [0.05, 0.1) is 12.7 Å². The summed E-state index contributed by atoms with van der Waals surface area (Å²) in [6.07, 6.45) is 4.07. The van der Waals surface area contributed by atoms with E-state index in [1.165, 1.54) is 0 Å². The van der Waals surface area contributed by atoms with Gasteiger partial charge in [0.25, 0.3) is 0 Å². The topological polar surface area (TPSA) is 34.1 Å². The molecule has 1 aromatic heterocycles. The van der Waals surface area contributed by atoms with Gasteiger partial charge in [0.1, 0.15) is 0 Å². The zero-order valence-corrected chi connectivity index (χ0v) is 9.57. The minimum atomic E-state index is 0.318. The molecule has 84 valence electrons. The third-order valence-electron chi connectivity index (χ3n) is 2.33. The maximum absolute atomic E-state index is 5.73. The summed E-state index contributed by atoms with van der Waals surface area (Å²) in [5.74, 6) is 0. The third kappa shape index (κ3) is 4.91. The van der Waals surface area contributed by atoms with Crippen molar-refractivity contribution in [3.8, 4) is 0 Å². The Morgan fingerprint density at radius 3 is 2.93 bits per heavy atom. The Morgan fingerprint density at radius 2 is 2.33 bits per heavy atom. The smallest absolute Gasteiger partial charge is 0.0696 e. The van der Waals surface area contributed by atoms with Gasteiger partial charge < -0.3 is 10.1 Å². The molecule has 0 aromatic carbocycles. The van der Waals surface area contributed by atoms with Gasteiger partial charge in [-0.15, -0.1) is 0 Å². The van der Waals surface area contributed by atoms with Crippen molar-refractivity contribution >= 4 is 0 Å². The van der Waals surface area contributed by atoms with Gasteiger partial charge in [-0.25, -0.2) is 0 Å². The summed E-state index contributed by atoms with van der Waals surface area (Å²) in [6.45, 7) is 3.80. The summed E-state index contributed by atoms with van der Waals surface area (Å²) in [5.41, 5.74) is 1.09. The fourth-order valence-corrected chi connectivity index (χ4v) is 1.42. The maximum atomic E-state index is 5.73. The molecule has 1 rings (SSSR count). The molecule has 0 aliphatic carbocycles. The fourth-order valence-electron chi connectivity index (χ4n) is 1.42. The summed E-state index contributed by atoms with van der Waals surface area (Å²) in [6, 6.07) is 5.97. The number of hydrogen-bond acceptors (Lipinski definition) is 3. The van der Waals surface area contributed by atoms with Gasteiger partial charge in [0.15, 0.2) is 0 Å². The Morgan fingerprint density at radius 1 is 1.47 bits per heavy atom. The second-order valence-corrected chi connectivity index (χ2v) is 3.53. The van der Waals surface area contributed by atoms with E-state index in [-0.39, 0.29) is 0 Å². The molecule has 0 spiro atoms. The quantitative estimate of drug-likeness (QED) is 0.739. The monoisotopic (exact) mass is 208 g/mol. The highest BCUT2D eigenvalue weighted by Gasteiger charge is 2.04. The van der Waals surface area contributed by atoms with E-state index in [1.807, 2.05) is 31.4 Å². The van der Waals surface area contributed by atoms with Gasteiger partial charge in [-0.1, -0.05) is 13.0 Å². The summed E-state index contributed by atoms with van der Waals surface area (Å²) in [7, 11) is 1.95. The SMILES string of the molecule is CCC(CNC)OCCc1ccccn1. The fraction of sp³-hybridized carbons (Fsp3) is 0.583. The van der Waals surface area contributed by atoms with Crippen LogP contribution in [0, 0.1) is 0 Å². The second kappa shape index (κ2) is 7.37. The van der Waals surface area contributed by atoms with E-state index in [0.29, 0.717) is 6.10 Å². The van der Waals surface area contributed by atoms with Crippen molar-refractivity contribution in [1.29, 1.82) is 0 Å². The highest BCUT2D eigenvalue weighted by atomic mass is 16.5. The van der Waals surface area contributed by atoms with Crippen LogP contribution in [0.15, 0.2) is 24.4 Å². The van der Waals surface area contributed by atoms with Crippen molar-refractivity contribution in [2.75, 3.05) is 20.2 Å². The lowest BCUT2D eigenvalue weighted by Gasteiger charge is -2.15. The summed E-state index contributed by atoms with van der Waals surface area (Å²) < 4.78 is 5.73. The first-order chi connectivity index (χ1) is 7.36. The normalized spacial score (nSPS) is 12.7. The van der Waals surface area contributed by atoms with Gasteiger partial charge in [0, 0.05) is 24.9 Å². The van der Waals surface area contributed by atoms with Crippen molar-refractivity contribution in [2.24, 2.45) is 0 Å². The number of nitrogens with one attached hydrogen (secondary N) is 1. The second-order valence-electron chi connectivity index (χ2n) is 3.53. The minimum absolute atomic E-state index is 0.318. The third-order valence-corrected chi connectivity index (χ3v) is 2.33. The first-order valence-corrected chi connectivity index (χ1v) is 5.53. The van der Waals surface area contributed by atoms with Crippen molar-refractivity contribution < 1.29 is 4.74 Å². The van der Waals surface area contributed by atoms with Crippen molar-refractivity contribution in [3.63, 3.8) is 0 Å². The number of ether oxygens (including phenoxy) is 1. The largest absolute Gasteiger partial charge is 0.377 e. The van der Waals surface area contributed by atoms with E-state index < -0.39 is 0 Å². The molecule has 0 aliphatic heterocycles. The zero-order chi connectivity index (χ0) is 10.9. The van der Waals surface area contributed by atoms with Crippen LogP contribution in [0.3, 0.4) is 0 Å². The Hall–Kier alpha value is -0.930. The minimum Gasteiger partial charge on any atom is -0.377 e. The van der Waals surface area contributed by atoms with Crippen molar-refractivity contribution in [1.82, 2.24) is 10.3 Å². The molecule has 0 bridgehead atoms. The number of nitrogens with zero attached hydrogens (tertiary/aromatic N) is 1. The Balaban J connectivity index is 2.20. The average Bonchev–Trinajstić information content (AvgIpc) is 2.29. The number of pyridine rings is 1. The van der Waals surface area contributed by atoms with Gasteiger partial charge in [-0.3, -0.25) is 4.98 Å². The molecule has 1 unspecified atom stereocenters. The molecule has 1 heterocycles. The van der Waals surface area contributed by atoms with Crippen LogP contribution >= 0.6 is 0 Å². The molecule has 0 amide bonds. The predicted molar refractivity (Wildman–Crippen MR) is 61.9 cm³/mol. The van der Waals surface area contributed by atoms with Gasteiger partial charge in [0.2, 0.25) is 0 Å². The first-order valence-electron chi connectivity index (χ1n) is 5.53. The molecule has 15 heavy (non-hydrogen) atoms. The number of hydrogen-bond donors (Lipinski definition) is 1. The van der Waals surface area contributed by atoms with Crippen LogP contribution in [0.2, 0.25) is 0 Å². The number of likely N-dealkylation sites (N-methyl/N-ethyl adjacent to an activating group) is 1. The molecule has 0 radical (unpaired) electrons. The molecule has 1 aromatic rings. The van der Waals surface area contributed by atoms with Crippen LogP contribution in [0.25, 0.3) is 0 Å². The number of aromatic nitrogens is 1. The van der Waals surface area contributed by atoms with Crippen LogP contribution < -0.4 is 5.32 Å². The van der Waals surface area contributed by atoms with Crippen LogP contribution in [0.1, 0.15) is 19.0 Å². The zero-order valence-electron chi connectivity index (χ0n) is 9.57. The lowest BCUT2D eigenvalue weighted by molar-refractivity contribution is 0.0538. The van der Waals surface area contributed by atoms with Gasteiger partial charge >= 0.3 is 0 Å². The number of rotatable bonds is 7. The Labute approximate surface area is 91.9 Å². The van der Waals surface area contributed by atoms with Gasteiger partial charge in [-0.05, 0) is 25.6 Å². The molecule has 1 N–H and O–H groups in total. The van der Waals surface area contributed by atoms with Crippen LogP contribution in [0.4, 0.5) is 0 Å². The van der Waals surface area contributed by atoms with Crippen LogP contribution in [-0.2, 0) is 11.2 Å². The van der Waals surface area contributed by atoms with Gasteiger partial charge in [-0.2, -0.15) is 0 Å². The molecular weight excluding hydrogens is 188 g/mol. The average molecular weight is 208 g/mol. The molecule has 1 atom stereocenters. The summed E-state index contributed by atoms with van der Waals surface area (Å²) in [4.78, 5) is 4.25. The molecule has 0 saturated carbocycles. The van der Waals surface area contributed by atoms with E-state index in [0.717, 1.165) is 31.7 Å². The molecule has 0 saturated heterocycles. The first kappa shape index (κ1) is 12.1. The lowest BCUT2D eigenvalue weighted by atomic mass is 10.2. The highest BCUT2D eigenvalue weighted by Crippen LogP contribution is 2.00.